The van der Waals surface area contributed by atoms with Gasteiger partial charge in [0.2, 0.25) is 0 Å². The molecule has 7 nitrogen and oxygen atoms in total. The Hall–Kier alpha value is -2.93. The predicted octanol–water partition coefficient (Wildman–Crippen LogP) is 3.36. The van der Waals surface area contributed by atoms with Crippen LogP contribution in [0.4, 0.5) is 11.5 Å². The lowest BCUT2D eigenvalue weighted by atomic mass is 10.0. The molecule has 24 heavy (non-hydrogen) atoms. The van der Waals surface area contributed by atoms with Gasteiger partial charge in [-0.3, -0.25) is 10.1 Å². The molecule has 0 saturated carbocycles. The summed E-state index contributed by atoms with van der Waals surface area (Å²) in [7, 11) is 0. The number of hydrogen-bond acceptors (Lipinski definition) is 6. The molecule has 2 heterocycles. The number of furan rings is 1. The van der Waals surface area contributed by atoms with Crippen LogP contribution in [0.25, 0.3) is 10.9 Å². The van der Waals surface area contributed by atoms with Gasteiger partial charge in [0.25, 0.3) is 5.69 Å². The molecule has 0 radical (unpaired) electrons. The summed E-state index contributed by atoms with van der Waals surface area (Å²) in [6, 6.07) is 11.5. The van der Waals surface area contributed by atoms with E-state index in [-0.39, 0.29) is 12.2 Å². The lowest BCUT2D eigenvalue weighted by molar-refractivity contribution is -0.384. The average molecular weight is 327 g/mol. The van der Waals surface area contributed by atoms with Gasteiger partial charge in [0.15, 0.2) is 0 Å². The van der Waals surface area contributed by atoms with E-state index in [1.165, 1.54) is 12.1 Å². The Bertz CT molecular complexity index is 902. The number of anilines is 1. The van der Waals surface area contributed by atoms with Crippen LogP contribution in [0.5, 0.6) is 0 Å². The molecule has 1 unspecified atom stereocenters. The number of hydrogen-bond donors (Lipinski definition) is 2. The summed E-state index contributed by atoms with van der Waals surface area (Å²) in [6.07, 6.45) is 0. The third kappa shape index (κ3) is 3.21. The number of benzene rings is 1. The van der Waals surface area contributed by atoms with E-state index in [1.54, 1.807) is 37.3 Å². The van der Waals surface area contributed by atoms with Gasteiger partial charge in [0.1, 0.15) is 22.9 Å². The first-order valence-electron chi connectivity index (χ1n) is 7.43. The zero-order valence-corrected chi connectivity index (χ0v) is 13.3. The summed E-state index contributed by atoms with van der Waals surface area (Å²) in [5.41, 5.74) is -0.513. The minimum Gasteiger partial charge on any atom is -0.463 e. The van der Waals surface area contributed by atoms with Crippen LogP contribution in [0.2, 0.25) is 0 Å². The van der Waals surface area contributed by atoms with Gasteiger partial charge in [-0.25, -0.2) is 4.98 Å². The van der Waals surface area contributed by atoms with E-state index in [0.29, 0.717) is 22.5 Å². The first kappa shape index (κ1) is 15.9. The maximum Gasteiger partial charge on any atom is 0.270 e. The molecule has 0 saturated heterocycles. The Balaban J connectivity index is 1.78. The van der Waals surface area contributed by atoms with Gasteiger partial charge in [0, 0.05) is 17.5 Å². The SMILES string of the molecule is Cc1ccc(C(C)(O)CNc2ccc3cc([N+](=O)[O-])ccc3n2)o1. The van der Waals surface area contributed by atoms with E-state index >= 15 is 0 Å². The Morgan fingerprint density at radius 3 is 2.75 bits per heavy atom. The van der Waals surface area contributed by atoms with Crippen molar-refractivity contribution in [2.45, 2.75) is 19.4 Å². The van der Waals surface area contributed by atoms with Gasteiger partial charge in [0.05, 0.1) is 17.0 Å². The fourth-order valence-corrected chi connectivity index (χ4v) is 2.40. The molecule has 0 bridgehead atoms. The predicted molar refractivity (Wildman–Crippen MR) is 89.9 cm³/mol. The van der Waals surface area contributed by atoms with Gasteiger partial charge < -0.3 is 14.8 Å². The number of aromatic nitrogens is 1. The molecule has 0 amide bonds. The molecule has 0 aliphatic rings. The lowest BCUT2D eigenvalue weighted by Crippen LogP contribution is -2.30. The van der Waals surface area contributed by atoms with Gasteiger partial charge in [-0.15, -0.1) is 0 Å². The summed E-state index contributed by atoms with van der Waals surface area (Å²) in [5.74, 6) is 1.78. The third-order valence-electron chi connectivity index (χ3n) is 3.77. The van der Waals surface area contributed by atoms with Crippen molar-refractivity contribution in [2.24, 2.45) is 0 Å². The second kappa shape index (κ2) is 5.93. The van der Waals surface area contributed by atoms with Gasteiger partial charge in [-0.1, -0.05) is 0 Å². The summed E-state index contributed by atoms with van der Waals surface area (Å²) in [5, 5.41) is 25.1. The molecule has 1 aromatic carbocycles. The zero-order valence-electron chi connectivity index (χ0n) is 13.3. The van der Waals surface area contributed by atoms with Crippen LogP contribution < -0.4 is 5.32 Å². The number of aliphatic hydroxyl groups is 1. The Morgan fingerprint density at radius 1 is 1.29 bits per heavy atom. The van der Waals surface area contributed by atoms with Gasteiger partial charge >= 0.3 is 0 Å². The first-order chi connectivity index (χ1) is 11.3. The molecular weight excluding hydrogens is 310 g/mol. The maximum atomic E-state index is 10.8. The van der Waals surface area contributed by atoms with E-state index in [9.17, 15) is 15.2 Å². The van der Waals surface area contributed by atoms with Crippen molar-refractivity contribution >= 4 is 22.4 Å². The highest BCUT2D eigenvalue weighted by Gasteiger charge is 2.26. The fraction of sp³-hybridized carbons (Fsp3) is 0.235. The number of pyridine rings is 1. The van der Waals surface area contributed by atoms with E-state index in [4.69, 9.17) is 4.42 Å². The van der Waals surface area contributed by atoms with Crippen molar-refractivity contribution in [3.05, 3.63) is 64.1 Å². The number of aryl methyl sites for hydroxylation is 1. The number of nitrogens with zero attached hydrogens (tertiary/aromatic N) is 2. The number of nitro groups is 1. The highest BCUT2D eigenvalue weighted by atomic mass is 16.6. The number of fused-ring (bicyclic) bond motifs is 1. The fourth-order valence-electron chi connectivity index (χ4n) is 2.40. The lowest BCUT2D eigenvalue weighted by Gasteiger charge is -2.21. The Morgan fingerprint density at radius 2 is 2.08 bits per heavy atom. The van der Waals surface area contributed by atoms with Crippen molar-refractivity contribution < 1.29 is 14.4 Å². The van der Waals surface area contributed by atoms with Crippen molar-refractivity contribution in [1.29, 1.82) is 0 Å². The Kier molecular flexibility index (Phi) is 3.94. The van der Waals surface area contributed by atoms with Crippen molar-refractivity contribution in [1.82, 2.24) is 4.98 Å². The van der Waals surface area contributed by atoms with Crippen LogP contribution in [0.3, 0.4) is 0 Å². The van der Waals surface area contributed by atoms with Crippen LogP contribution in [0.1, 0.15) is 18.4 Å². The number of rotatable bonds is 5. The van der Waals surface area contributed by atoms with E-state index in [0.717, 1.165) is 5.76 Å². The molecule has 3 rings (SSSR count). The number of non-ortho nitro benzene ring substituents is 1. The normalized spacial score (nSPS) is 13.6. The monoisotopic (exact) mass is 327 g/mol. The van der Waals surface area contributed by atoms with E-state index in [2.05, 4.69) is 10.3 Å². The molecule has 2 N–H and O–H groups in total. The second-order valence-corrected chi connectivity index (χ2v) is 5.87. The quantitative estimate of drug-likeness (QED) is 0.550. The molecule has 0 aliphatic heterocycles. The van der Waals surface area contributed by atoms with Gasteiger partial charge in [-0.2, -0.15) is 0 Å². The molecule has 124 valence electrons. The molecule has 0 aliphatic carbocycles. The minimum absolute atomic E-state index is 0.0288. The molecule has 0 spiro atoms. The smallest absolute Gasteiger partial charge is 0.270 e. The maximum absolute atomic E-state index is 10.8. The highest BCUT2D eigenvalue weighted by Crippen LogP contribution is 2.24. The van der Waals surface area contributed by atoms with E-state index < -0.39 is 10.5 Å². The molecule has 2 aromatic heterocycles. The first-order valence-corrected chi connectivity index (χ1v) is 7.43. The largest absolute Gasteiger partial charge is 0.463 e. The molecule has 7 heteroatoms. The van der Waals surface area contributed by atoms with Crippen LogP contribution in [-0.2, 0) is 5.60 Å². The summed E-state index contributed by atoms with van der Waals surface area (Å²) >= 11 is 0. The van der Waals surface area contributed by atoms with Crippen molar-refractivity contribution in [3.63, 3.8) is 0 Å². The minimum atomic E-state index is -1.18. The molecular formula is C17H17N3O4. The summed E-state index contributed by atoms with van der Waals surface area (Å²) in [6.45, 7) is 3.69. The number of nitro benzene ring substituents is 1. The average Bonchev–Trinajstić information content (AvgIpc) is 2.99. The van der Waals surface area contributed by atoms with Crippen LogP contribution in [0.15, 0.2) is 46.9 Å². The second-order valence-electron chi connectivity index (χ2n) is 5.87. The van der Waals surface area contributed by atoms with Crippen LogP contribution in [-0.4, -0.2) is 21.6 Å². The summed E-state index contributed by atoms with van der Waals surface area (Å²) < 4.78 is 5.47. The topological polar surface area (TPSA) is 101 Å². The van der Waals surface area contributed by atoms with Crippen molar-refractivity contribution in [2.75, 3.05) is 11.9 Å². The van der Waals surface area contributed by atoms with E-state index in [1.807, 2.05) is 6.92 Å². The number of nitrogens with one attached hydrogen (secondary N) is 1. The Labute approximate surface area is 138 Å². The standard InChI is InChI=1S/C17H17N3O4/c1-11-3-7-15(24-11)17(2,21)10-18-16-8-4-12-9-13(20(22)23)5-6-14(12)19-16/h3-9,21H,10H2,1-2H3,(H,18,19). The molecule has 3 aromatic rings. The molecule has 0 fully saturated rings. The zero-order chi connectivity index (χ0) is 17.3. The van der Waals surface area contributed by atoms with Crippen LogP contribution in [0, 0.1) is 17.0 Å². The molecule has 1 atom stereocenters. The van der Waals surface area contributed by atoms with Crippen LogP contribution >= 0.6 is 0 Å². The summed E-state index contributed by atoms with van der Waals surface area (Å²) in [4.78, 5) is 14.8. The van der Waals surface area contributed by atoms with Gasteiger partial charge in [-0.05, 0) is 44.2 Å². The highest BCUT2D eigenvalue weighted by molar-refractivity contribution is 5.82. The third-order valence-corrected chi connectivity index (χ3v) is 3.77. The van der Waals surface area contributed by atoms with Crippen molar-refractivity contribution in [3.8, 4) is 0 Å².